The van der Waals surface area contributed by atoms with Crippen molar-refractivity contribution in [2.75, 3.05) is 14.2 Å². The summed E-state index contributed by atoms with van der Waals surface area (Å²) in [5.41, 5.74) is -4.16. The number of amides is 1. The molecule has 1 rings (SSSR count). The summed E-state index contributed by atoms with van der Waals surface area (Å²) < 4.78 is 53.5. The molecule has 0 unspecified atom stereocenters. The first-order valence-corrected chi connectivity index (χ1v) is 5.88. The molecule has 118 valence electrons. The first-order valence-electron chi connectivity index (χ1n) is 5.88. The van der Waals surface area contributed by atoms with Crippen LogP contribution in [0.3, 0.4) is 0 Å². The lowest BCUT2D eigenvalue weighted by Gasteiger charge is -2.33. The fraction of sp³-hybridized carbons (Fsp3) is 0.462. The van der Waals surface area contributed by atoms with Crippen molar-refractivity contribution >= 4 is 5.91 Å². The minimum Gasteiger partial charge on any atom is -0.384 e. The van der Waals surface area contributed by atoms with Crippen molar-refractivity contribution < 1.29 is 32.3 Å². The van der Waals surface area contributed by atoms with E-state index in [9.17, 15) is 27.5 Å². The van der Waals surface area contributed by atoms with Crippen LogP contribution in [0.1, 0.15) is 17.2 Å². The summed E-state index contributed by atoms with van der Waals surface area (Å²) in [5.74, 6) is -2.04. The van der Waals surface area contributed by atoms with Crippen LogP contribution < -0.4 is 0 Å². The third-order valence-corrected chi connectivity index (χ3v) is 3.05. The normalized spacial score (nSPS) is 16.2. The Morgan fingerprint density at radius 1 is 1.24 bits per heavy atom. The van der Waals surface area contributed by atoms with E-state index in [0.717, 1.165) is 26.3 Å². The molecule has 4 nitrogen and oxygen atoms in total. The highest BCUT2D eigenvalue weighted by molar-refractivity contribution is 5.86. The number of aryl methyl sites for hydroxylation is 1. The zero-order valence-corrected chi connectivity index (χ0v) is 11.6. The lowest BCUT2D eigenvalue weighted by atomic mass is 9.90. The van der Waals surface area contributed by atoms with Crippen molar-refractivity contribution in [3.8, 4) is 0 Å². The summed E-state index contributed by atoms with van der Waals surface area (Å²) >= 11 is 0. The molecule has 0 aliphatic rings. The number of aliphatic hydroxyl groups is 1. The van der Waals surface area contributed by atoms with E-state index < -0.39 is 23.9 Å². The van der Waals surface area contributed by atoms with E-state index >= 15 is 0 Å². The third kappa shape index (κ3) is 3.16. The molecule has 1 aromatic rings. The summed E-state index contributed by atoms with van der Waals surface area (Å²) in [5, 5.41) is 9.87. The molecule has 0 bridgehead atoms. The van der Waals surface area contributed by atoms with Crippen LogP contribution in [-0.2, 0) is 9.63 Å². The first-order chi connectivity index (χ1) is 9.55. The third-order valence-electron chi connectivity index (χ3n) is 3.05. The van der Waals surface area contributed by atoms with E-state index in [4.69, 9.17) is 0 Å². The molecule has 1 N–H and O–H groups in total. The Morgan fingerprint density at radius 3 is 2.10 bits per heavy atom. The number of hydrogen-bond acceptors (Lipinski definition) is 3. The molecule has 0 heterocycles. The molecule has 0 aliphatic heterocycles. The van der Waals surface area contributed by atoms with Crippen LogP contribution in [0.2, 0.25) is 0 Å². The Morgan fingerprint density at radius 2 is 1.71 bits per heavy atom. The van der Waals surface area contributed by atoms with Gasteiger partial charge in [0.05, 0.1) is 7.11 Å². The average molecular weight is 309 g/mol. The summed E-state index contributed by atoms with van der Waals surface area (Å²) in [6.07, 6.45) is -8.32. The quantitative estimate of drug-likeness (QED) is 0.686. The lowest BCUT2D eigenvalue weighted by Crippen LogP contribution is -2.57. The number of alkyl halides is 4. The zero-order chi connectivity index (χ0) is 16.4. The molecule has 1 amide bonds. The molecule has 21 heavy (non-hydrogen) atoms. The van der Waals surface area contributed by atoms with Gasteiger partial charge >= 0.3 is 11.8 Å². The van der Waals surface area contributed by atoms with E-state index in [-0.39, 0.29) is 10.6 Å². The molecule has 8 heteroatoms. The van der Waals surface area contributed by atoms with Gasteiger partial charge in [-0.25, -0.2) is 9.45 Å². The number of aliphatic hydroxyl groups excluding tert-OH is 1. The molecule has 0 saturated heterocycles. The van der Waals surface area contributed by atoms with Gasteiger partial charge < -0.3 is 5.11 Å². The van der Waals surface area contributed by atoms with Crippen LogP contribution in [0, 0.1) is 6.92 Å². The number of rotatable bonds is 4. The Balaban J connectivity index is 3.31. The minimum absolute atomic E-state index is 0.0882. The fourth-order valence-corrected chi connectivity index (χ4v) is 1.68. The van der Waals surface area contributed by atoms with Gasteiger partial charge in [0, 0.05) is 7.05 Å². The van der Waals surface area contributed by atoms with Gasteiger partial charge in [-0.2, -0.15) is 13.2 Å². The van der Waals surface area contributed by atoms with Crippen LogP contribution in [-0.4, -0.2) is 42.1 Å². The average Bonchev–Trinajstić information content (AvgIpc) is 2.43. The van der Waals surface area contributed by atoms with Crippen LogP contribution in [0.4, 0.5) is 17.6 Å². The summed E-state index contributed by atoms with van der Waals surface area (Å²) in [4.78, 5) is 16.0. The number of carbonyl (C=O) groups is 1. The topological polar surface area (TPSA) is 49.8 Å². The molecule has 0 saturated carbocycles. The second kappa shape index (κ2) is 5.98. The monoisotopic (exact) mass is 309 g/mol. The Labute approximate surface area is 118 Å². The first kappa shape index (κ1) is 17.4. The van der Waals surface area contributed by atoms with Crippen molar-refractivity contribution in [1.29, 1.82) is 0 Å². The molecular weight excluding hydrogens is 294 g/mol. The van der Waals surface area contributed by atoms with Gasteiger partial charge in [-0.1, -0.05) is 29.8 Å². The van der Waals surface area contributed by atoms with E-state index in [2.05, 4.69) is 4.84 Å². The van der Waals surface area contributed by atoms with Crippen LogP contribution in [0.5, 0.6) is 0 Å². The second-order valence-electron chi connectivity index (χ2n) is 4.51. The molecule has 2 atom stereocenters. The number of benzene rings is 1. The van der Waals surface area contributed by atoms with Crippen LogP contribution >= 0.6 is 0 Å². The highest BCUT2D eigenvalue weighted by Gasteiger charge is 2.67. The van der Waals surface area contributed by atoms with Crippen molar-refractivity contribution in [3.05, 3.63) is 35.4 Å². The van der Waals surface area contributed by atoms with Crippen molar-refractivity contribution in [2.24, 2.45) is 0 Å². The molecule has 0 fully saturated rings. The number of hydroxylamine groups is 2. The fourth-order valence-electron chi connectivity index (χ4n) is 1.68. The minimum atomic E-state index is -5.61. The zero-order valence-electron chi connectivity index (χ0n) is 11.6. The highest BCUT2D eigenvalue weighted by Crippen LogP contribution is 2.44. The van der Waals surface area contributed by atoms with Gasteiger partial charge in [-0.3, -0.25) is 9.63 Å². The Bertz CT molecular complexity index is 503. The molecular formula is C13H15F4NO3. The molecule has 0 radical (unpaired) electrons. The predicted octanol–water partition coefficient (Wildman–Crippen LogP) is 2.32. The largest absolute Gasteiger partial charge is 0.434 e. The van der Waals surface area contributed by atoms with Gasteiger partial charge in [0.15, 0.2) is 0 Å². The lowest BCUT2D eigenvalue weighted by molar-refractivity contribution is -0.269. The van der Waals surface area contributed by atoms with Crippen molar-refractivity contribution in [3.63, 3.8) is 0 Å². The van der Waals surface area contributed by atoms with Crippen molar-refractivity contribution in [2.45, 2.75) is 24.9 Å². The van der Waals surface area contributed by atoms with Crippen LogP contribution in [0.15, 0.2) is 24.3 Å². The van der Waals surface area contributed by atoms with E-state index in [1.807, 2.05) is 0 Å². The Kier molecular flexibility index (Phi) is 4.95. The predicted molar refractivity (Wildman–Crippen MR) is 65.8 cm³/mol. The second-order valence-corrected chi connectivity index (χ2v) is 4.51. The SMILES string of the molecule is CON(C)C(=O)[C@@](F)([C@H](O)c1ccc(C)cc1)C(F)(F)F. The smallest absolute Gasteiger partial charge is 0.384 e. The number of nitrogens with zero attached hydrogens (tertiary/aromatic N) is 1. The van der Waals surface area contributed by atoms with Gasteiger partial charge in [0.2, 0.25) is 0 Å². The number of hydrogen-bond donors (Lipinski definition) is 1. The van der Waals surface area contributed by atoms with E-state index in [1.54, 1.807) is 6.92 Å². The van der Waals surface area contributed by atoms with Gasteiger partial charge in [-0.05, 0) is 12.5 Å². The maximum atomic E-state index is 14.5. The number of halogens is 4. The summed E-state index contributed by atoms with van der Waals surface area (Å²) in [7, 11) is 1.73. The van der Waals surface area contributed by atoms with Gasteiger partial charge in [0.1, 0.15) is 6.10 Å². The van der Waals surface area contributed by atoms with E-state index in [0.29, 0.717) is 5.56 Å². The highest BCUT2D eigenvalue weighted by atomic mass is 19.4. The van der Waals surface area contributed by atoms with Gasteiger partial charge in [-0.15, -0.1) is 0 Å². The molecule has 0 aromatic heterocycles. The van der Waals surface area contributed by atoms with Crippen LogP contribution in [0.25, 0.3) is 0 Å². The molecule has 1 aromatic carbocycles. The molecule has 0 spiro atoms. The van der Waals surface area contributed by atoms with E-state index in [1.165, 1.54) is 12.1 Å². The molecule has 0 aliphatic carbocycles. The summed E-state index contributed by atoms with van der Waals surface area (Å²) in [6, 6.07) is 5.06. The number of carbonyl (C=O) groups excluding carboxylic acids is 1. The maximum Gasteiger partial charge on any atom is 0.434 e. The maximum absolute atomic E-state index is 14.5. The standard InChI is InChI=1S/C13H15F4NO3/c1-8-4-6-9(7-5-8)10(19)12(14,13(15,16)17)11(20)18(2)21-3/h4-7,10,19H,1-3H3/t10-,12+/m1/s1. The Hall–Kier alpha value is -1.67. The van der Waals surface area contributed by atoms with Gasteiger partial charge in [0.25, 0.3) is 5.91 Å². The van der Waals surface area contributed by atoms with Crippen molar-refractivity contribution in [1.82, 2.24) is 5.06 Å². The summed E-state index contributed by atoms with van der Waals surface area (Å²) in [6.45, 7) is 1.67.